The zero-order valence-corrected chi connectivity index (χ0v) is 18.4. The van der Waals surface area contributed by atoms with Crippen LogP contribution >= 0.6 is 0 Å². The lowest BCUT2D eigenvalue weighted by Crippen LogP contribution is -2.51. The second-order valence-corrected chi connectivity index (χ2v) is 11.4. The summed E-state index contributed by atoms with van der Waals surface area (Å²) < 4.78 is 0. The topological polar surface area (TPSA) is 29.1 Å². The van der Waals surface area contributed by atoms with Gasteiger partial charge in [0.1, 0.15) is 0 Å². The number of fused-ring (bicyclic) bond motifs is 5. The van der Waals surface area contributed by atoms with Crippen LogP contribution in [0.4, 0.5) is 0 Å². The predicted molar refractivity (Wildman–Crippen MR) is 115 cm³/mol. The molecule has 2 heteroatoms. The molecule has 0 amide bonds. The van der Waals surface area contributed by atoms with Crippen molar-refractivity contribution in [2.75, 3.05) is 0 Å². The summed E-state index contributed by atoms with van der Waals surface area (Å²) in [6.45, 7) is 9.93. The molecule has 0 aromatic rings. The Labute approximate surface area is 171 Å². The van der Waals surface area contributed by atoms with E-state index in [-0.39, 0.29) is 0 Å². The molecule has 1 N–H and O–H groups in total. The minimum atomic E-state index is 0.315. The highest BCUT2D eigenvalue weighted by molar-refractivity contribution is 5.91. The molecule has 0 aromatic heterocycles. The van der Waals surface area contributed by atoms with Crippen LogP contribution in [0.25, 0.3) is 0 Å². The zero-order valence-electron chi connectivity index (χ0n) is 18.4. The summed E-state index contributed by atoms with van der Waals surface area (Å²) in [7, 11) is 0. The van der Waals surface area contributed by atoms with Gasteiger partial charge in [-0.1, -0.05) is 32.4 Å². The van der Waals surface area contributed by atoms with Crippen molar-refractivity contribution >= 4 is 5.78 Å². The van der Waals surface area contributed by atoms with Crippen LogP contribution in [0, 0.1) is 40.4 Å². The van der Waals surface area contributed by atoms with Gasteiger partial charge in [-0.3, -0.25) is 4.79 Å². The van der Waals surface area contributed by atoms with Crippen molar-refractivity contribution in [1.82, 2.24) is 5.32 Å². The maximum atomic E-state index is 12.0. The molecule has 0 spiro atoms. The lowest BCUT2D eigenvalue weighted by atomic mass is 9.46. The highest BCUT2D eigenvalue weighted by atomic mass is 16.1. The second-order valence-electron chi connectivity index (χ2n) is 11.4. The molecule has 4 aliphatic carbocycles. The standard InChI is InChI=1S/C26H39NO/c1-16-5-10-24(27-16)17(2)21-8-9-22-20-7-6-18-15-19(28)11-13-25(18,3)23(20)12-14-26(21,22)4/h5,15,17,20-24,27H,6-14H2,1-4H3/t17-,20-,21+,22-,23-,24-,25-,26+/m0/s1. The van der Waals surface area contributed by atoms with Crippen molar-refractivity contribution in [2.45, 2.75) is 91.5 Å². The second kappa shape index (κ2) is 6.47. The molecule has 0 aromatic carbocycles. The van der Waals surface area contributed by atoms with Crippen LogP contribution in [0.5, 0.6) is 0 Å². The SMILES string of the molecule is CC1=CC[C@@H]([C@@H](C)[C@H]2CC[C@H]3[C@@H]4CCC5=CC(=O)CC[C@]5(C)[C@H]4CC[C@]23C)N1. The quantitative estimate of drug-likeness (QED) is 0.632. The number of hydrogen-bond donors (Lipinski definition) is 1. The van der Waals surface area contributed by atoms with Crippen molar-refractivity contribution in [3.8, 4) is 0 Å². The van der Waals surface area contributed by atoms with E-state index in [9.17, 15) is 4.79 Å². The summed E-state index contributed by atoms with van der Waals surface area (Å²) in [4.78, 5) is 12.0. The van der Waals surface area contributed by atoms with Crippen molar-refractivity contribution in [2.24, 2.45) is 40.4 Å². The number of nitrogens with one attached hydrogen (secondary N) is 1. The summed E-state index contributed by atoms with van der Waals surface area (Å²) in [5.41, 5.74) is 3.73. The van der Waals surface area contributed by atoms with Crippen LogP contribution in [0.15, 0.2) is 23.4 Å². The minimum absolute atomic E-state index is 0.315. The van der Waals surface area contributed by atoms with E-state index in [0.29, 0.717) is 22.7 Å². The van der Waals surface area contributed by atoms with E-state index < -0.39 is 0 Å². The molecule has 0 saturated heterocycles. The van der Waals surface area contributed by atoms with E-state index in [1.165, 1.54) is 56.2 Å². The number of rotatable bonds is 2. The highest BCUT2D eigenvalue weighted by Crippen LogP contribution is 2.67. The first-order valence-electron chi connectivity index (χ1n) is 12.0. The van der Waals surface area contributed by atoms with Gasteiger partial charge in [0.25, 0.3) is 0 Å². The van der Waals surface area contributed by atoms with Gasteiger partial charge in [-0.25, -0.2) is 0 Å². The maximum Gasteiger partial charge on any atom is 0.155 e. The molecular formula is C26H39NO. The Morgan fingerprint density at radius 3 is 2.64 bits per heavy atom. The van der Waals surface area contributed by atoms with Crippen LogP contribution in [-0.4, -0.2) is 11.8 Å². The van der Waals surface area contributed by atoms with Gasteiger partial charge in [0, 0.05) is 18.2 Å². The third-order valence-electron chi connectivity index (χ3n) is 10.4. The van der Waals surface area contributed by atoms with Crippen LogP contribution in [0.2, 0.25) is 0 Å². The third kappa shape index (κ3) is 2.62. The van der Waals surface area contributed by atoms with Gasteiger partial charge < -0.3 is 5.32 Å². The Morgan fingerprint density at radius 1 is 1.07 bits per heavy atom. The Morgan fingerprint density at radius 2 is 1.89 bits per heavy atom. The Balaban J connectivity index is 1.38. The number of hydrogen-bond acceptors (Lipinski definition) is 2. The van der Waals surface area contributed by atoms with Gasteiger partial charge in [0.2, 0.25) is 0 Å². The third-order valence-corrected chi connectivity index (χ3v) is 10.4. The van der Waals surface area contributed by atoms with Crippen LogP contribution < -0.4 is 5.32 Å². The molecule has 1 aliphatic heterocycles. The lowest BCUT2D eigenvalue weighted by molar-refractivity contribution is -0.117. The Kier molecular flexibility index (Phi) is 4.38. The van der Waals surface area contributed by atoms with Crippen molar-refractivity contribution in [3.05, 3.63) is 23.4 Å². The minimum Gasteiger partial charge on any atom is -0.385 e. The predicted octanol–water partition coefficient (Wildman–Crippen LogP) is 6.04. The smallest absolute Gasteiger partial charge is 0.155 e. The molecule has 1 heterocycles. The molecular weight excluding hydrogens is 342 g/mol. The van der Waals surface area contributed by atoms with Gasteiger partial charge in [-0.05, 0) is 105 Å². The molecule has 2 nitrogen and oxygen atoms in total. The molecule has 8 atom stereocenters. The summed E-state index contributed by atoms with van der Waals surface area (Å²) in [5.74, 6) is 4.64. The van der Waals surface area contributed by atoms with Gasteiger partial charge in [0.15, 0.2) is 5.78 Å². The number of carbonyl (C=O) groups excluding carboxylic acids is 1. The molecule has 0 radical (unpaired) electrons. The van der Waals surface area contributed by atoms with E-state index in [2.05, 4.69) is 39.1 Å². The highest BCUT2D eigenvalue weighted by Gasteiger charge is 2.59. The van der Waals surface area contributed by atoms with Crippen molar-refractivity contribution in [1.29, 1.82) is 0 Å². The maximum absolute atomic E-state index is 12.0. The number of ketones is 1. The summed E-state index contributed by atoms with van der Waals surface area (Å²) in [6.07, 6.45) is 15.7. The molecule has 5 rings (SSSR count). The van der Waals surface area contributed by atoms with E-state index in [1.54, 1.807) is 0 Å². The van der Waals surface area contributed by atoms with E-state index in [4.69, 9.17) is 0 Å². The summed E-state index contributed by atoms with van der Waals surface area (Å²) in [5, 5.41) is 3.77. The number of allylic oxidation sites excluding steroid dienone is 2. The van der Waals surface area contributed by atoms with Crippen LogP contribution in [0.3, 0.4) is 0 Å². The molecule has 3 saturated carbocycles. The first-order chi connectivity index (χ1) is 13.3. The first-order valence-corrected chi connectivity index (χ1v) is 12.0. The summed E-state index contributed by atoms with van der Waals surface area (Å²) in [6, 6.07) is 0.654. The normalized spacial score (nSPS) is 48.7. The molecule has 0 unspecified atom stereocenters. The fourth-order valence-electron chi connectivity index (χ4n) is 8.80. The largest absolute Gasteiger partial charge is 0.385 e. The average molecular weight is 382 g/mol. The number of carbonyl (C=O) groups is 1. The average Bonchev–Trinajstić information content (AvgIpc) is 3.25. The molecule has 3 fully saturated rings. The zero-order chi connectivity index (χ0) is 19.7. The van der Waals surface area contributed by atoms with Crippen LogP contribution in [0.1, 0.15) is 85.5 Å². The Bertz CT molecular complexity index is 735. The molecule has 5 aliphatic rings. The molecule has 28 heavy (non-hydrogen) atoms. The van der Waals surface area contributed by atoms with E-state index in [1.807, 2.05) is 6.08 Å². The molecule has 0 bridgehead atoms. The Hall–Kier alpha value is -1.05. The molecule has 154 valence electrons. The lowest BCUT2D eigenvalue weighted by Gasteiger charge is -2.58. The fraction of sp³-hybridized carbons (Fsp3) is 0.808. The monoisotopic (exact) mass is 381 g/mol. The van der Waals surface area contributed by atoms with Gasteiger partial charge in [-0.15, -0.1) is 0 Å². The summed E-state index contributed by atoms with van der Waals surface area (Å²) >= 11 is 0. The van der Waals surface area contributed by atoms with E-state index in [0.717, 1.165) is 42.4 Å². The van der Waals surface area contributed by atoms with Gasteiger partial charge in [-0.2, -0.15) is 0 Å². The van der Waals surface area contributed by atoms with Gasteiger partial charge in [0.05, 0.1) is 0 Å². The first kappa shape index (κ1) is 18.9. The van der Waals surface area contributed by atoms with Crippen LogP contribution in [-0.2, 0) is 4.79 Å². The fourth-order valence-corrected chi connectivity index (χ4v) is 8.80. The van der Waals surface area contributed by atoms with E-state index >= 15 is 0 Å². The van der Waals surface area contributed by atoms with Crippen molar-refractivity contribution in [3.63, 3.8) is 0 Å². The van der Waals surface area contributed by atoms with Crippen molar-refractivity contribution < 1.29 is 4.79 Å². The van der Waals surface area contributed by atoms with Gasteiger partial charge >= 0.3 is 0 Å².